The maximum atomic E-state index is 12.7. The van der Waals surface area contributed by atoms with Gasteiger partial charge in [0.1, 0.15) is 0 Å². The third kappa shape index (κ3) is 5.75. The largest absolute Gasteiger partial charge is 0.390 e. The highest BCUT2D eigenvalue weighted by atomic mass is 32.2. The molecule has 144 valence electrons. The van der Waals surface area contributed by atoms with Gasteiger partial charge in [-0.05, 0) is 50.8 Å². The predicted molar refractivity (Wildman–Crippen MR) is 112 cm³/mol. The summed E-state index contributed by atoms with van der Waals surface area (Å²) < 4.78 is 0. The van der Waals surface area contributed by atoms with Gasteiger partial charge in [-0.15, -0.1) is 11.8 Å². The van der Waals surface area contributed by atoms with Crippen LogP contribution >= 0.6 is 11.8 Å². The second kappa shape index (κ2) is 8.81. The van der Waals surface area contributed by atoms with Crippen molar-refractivity contribution in [3.8, 4) is 0 Å². The molecule has 2 amide bonds. The van der Waals surface area contributed by atoms with E-state index in [4.69, 9.17) is 0 Å². The summed E-state index contributed by atoms with van der Waals surface area (Å²) in [5.74, 6) is 0.861. The summed E-state index contributed by atoms with van der Waals surface area (Å²) in [6, 6.07) is 16.4. The van der Waals surface area contributed by atoms with E-state index in [9.17, 15) is 9.90 Å². The van der Waals surface area contributed by atoms with Crippen molar-refractivity contribution in [2.24, 2.45) is 0 Å². The molecule has 0 aromatic heterocycles. The quantitative estimate of drug-likeness (QED) is 0.725. The lowest BCUT2D eigenvalue weighted by Gasteiger charge is -2.23. The normalized spacial score (nSPS) is 20.2. The number of aliphatic hydroxyl groups is 1. The summed E-state index contributed by atoms with van der Waals surface area (Å²) in [7, 11) is 0. The molecule has 0 unspecified atom stereocenters. The van der Waals surface area contributed by atoms with Crippen molar-refractivity contribution in [2.75, 3.05) is 18.4 Å². The van der Waals surface area contributed by atoms with E-state index >= 15 is 0 Å². The maximum Gasteiger partial charge on any atom is 0.321 e. The van der Waals surface area contributed by atoms with Crippen molar-refractivity contribution in [2.45, 2.75) is 49.4 Å². The Hall–Kier alpha value is -1.98. The number of aryl methyl sites for hydroxylation is 1. The van der Waals surface area contributed by atoms with Crippen LogP contribution in [0.5, 0.6) is 0 Å². The lowest BCUT2D eigenvalue weighted by atomic mass is 9.98. The standard InChI is InChI=1S/C22H28N2O2S/c1-17-8-10-18(11-9-17)16-27-20-7-4-3-6-19(20)23-21(25)24-14-5-12-22(2,26)13-15-24/h3-4,6-11,26H,5,12-16H2,1-2H3,(H,23,25)/t22-/m1/s1. The van der Waals surface area contributed by atoms with Crippen LogP contribution in [-0.4, -0.2) is 34.7 Å². The molecule has 1 saturated heterocycles. The fraction of sp³-hybridized carbons (Fsp3) is 0.409. The Bertz CT molecular complexity index is 774. The molecule has 5 heteroatoms. The van der Waals surface area contributed by atoms with Gasteiger partial charge in [-0.3, -0.25) is 0 Å². The second-order valence-corrected chi connectivity index (χ2v) is 8.56. The molecule has 2 aromatic rings. The Kier molecular flexibility index (Phi) is 6.45. The van der Waals surface area contributed by atoms with Crippen LogP contribution < -0.4 is 5.32 Å². The van der Waals surface area contributed by atoms with E-state index in [1.54, 1.807) is 11.8 Å². The van der Waals surface area contributed by atoms with Gasteiger partial charge in [0.2, 0.25) is 0 Å². The highest BCUT2D eigenvalue weighted by Crippen LogP contribution is 2.30. The van der Waals surface area contributed by atoms with Gasteiger partial charge in [0.25, 0.3) is 0 Å². The van der Waals surface area contributed by atoms with Gasteiger partial charge in [0, 0.05) is 23.7 Å². The molecular weight excluding hydrogens is 356 g/mol. The number of benzene rings is 2. The minimum atomic E-state index is -0.670. The number of amides is 2. The third-order valence-corrected chi connectivity index (χ3v) is 6.14. The number of carbonyl (C=O) groups excluding carboxylic acids is 1. The molecule has 1 fully saturated rings. The number of carbonyl (C=O) groups is 1. The number of urea groups is 1. The number of rotatable bonds is 4. The molecule has 1 aliphatic rings. The molecule has 0 bridgehead atoms. The van der Waals surface area contributed by atoms with E-state index in [0.29, 0.717) is 19.5 Å². The minimum Gasteiger partial charge on any atom is -0.390 e. The monoisotopic (exact) mass is 384 g/mol. The first-order valence-electron chi connectivity index (χ1n) is 9.49. The first-order chi connectivity index (χ1) is 12.9. The van der Waals surface area contributed by atoms with E-state index in [2.05, 4.69) is 36.5 Å². The van der Waals surface area contributed by atoms with Gasteiger partial charge in [-0.1, -0.05) is 42.0 Å². The first kappa shape index (κ1) is 19.8. The van der Waals surface area contributed by atoms with Crippen molar-refractivity contribution >= 4 is 23.5 Å². The Morgan fingerprint density at radius 2 is 1.89 bits per heavy atom. The average Bonchev–Trinajstić information content (AvgIpc) is 2.83. The van der Waals surface area contributed by atoms with Crippen LogP contribution in [0, 0.1) is 6.92 Å². The van der Waals surface area contributed by atoms with Crippen molar-refractivity contribution in [1.82, 2.24) is 4.90 Å². The highest BCUT2D eigenvalue weighted by Gasteiger charge is 2.27. The van der Waals surface area contributed by atoms with Crippen molar-refractivity contribution < 1.29 is 9.90 Å². The van der Waals surface area contributed by atoms with Crippen molar-refractivity contribution in [3.63, 3.8) is 0 Å². The zero-order valence-electron chi connectivity index (χ0n) is 16.1. The van der Waals surface area contributed by atoms with Crippen LogP contribution in [0.2, 0.25) is 0 Å². The van der Waals surface area contributed by atoms with Crippen LogP contribution in [0.3, 0.4) is 0 Å². The molecule has 2 N–H and O–H groups in total. The number of anilines is 1. The van der Waals surface area contributed by atoms with E-state index in [0.717, 1.165) is 29.2 Å². The van der Waals surface area contributed by atoms with E-state index in [-0.39, 0.29) is 6.03 Å². The van der Waals surface area contributed by atoms with Gasteiger partial charge in [-0.2, -0.15) is 0 Å². The number of hydrogen-bond acceptors (Lipinski definition) is 3. The second-order valence-electron chi connectivity index (χ2n) is 7.54. The van der Waals surface area contributed by atoms with Gasteiger partial charge >= 0.3 is 6.03 Å². The van der Waals surface area contributed by atoms with Crippen molar-refractivity contribution in [3.05, 3.63) is 59.7 Å². The van der Waals surface area contributed by atoms with Crippen LogP contribution in [0.15, 0.2) is 53.4 Å². The summed E-state index contributed by atoms with van der Waals surface area (Å²) in [6.45, 7) is 5.20. The molecule has 0 aliphatic carbocycles. The zero-order valence-corrected chi connectivity index (χ0v) is 16.9. The SMILES string of the molecule is Cc1ccc(CSc2ccccc2NC(=O)N2CCC[C@@](C)(O)CC2)cc1. The van der Waals surface area contributed by atoms with Crippen LogP contribution in [-0.2, 0) is 5.75 Å². The van der Waals surface area contributed by atoms with Gasteiger partial charge < -0.3 is 15.3 Å². The molecule has 1 aliphatic heterocycles. The Morgan fingerprint density at radius 3 is 2.67 bits per heavy atom. The minimum absolute atomic E-state index is 0.0870. The van der Waals surface area contributed by atoms with Crippen LogP contribution in [0.4, 0.5) is 10.5 Å². The smallest absolute Gasteiger partial charge is 0.321 e. The molecule has 27 heavy (non-hydrogen) atoms. The Morgan fingerprint density at radius 1 is 1.15 bits per heavy atom. The van der Waals surface area contributed by atoms with E-state index < -0.39 is 5.60 Å². The molecule has 3 rings (SSSR count). The third-order valence-electron chi connectivity index (χ3n) is 4.99. The number of nitrogens with one attached hydrogen (secondary N) is 1. The average molecular weight is 385 g/mol. The number of para-hydroxylation sites is 1. The lowest BCUT2D eigenvalue weighted by molar-refractivity contribution is 0.0458. The van der Waals surface area contributed by atoms with Gasteiger partial charge in [0.15, 0.2) is 0 Å². The summed E-state index contributed by atoms with van der Waals surface area (Å²) in [6.07, 6.45) is 2.17. The van der Waals surface area contributed by atoms with Gasteiger partial charge in [0.05, 0.1) is 11.3 Å². The number of thioether (sulfide) groups is 1. The van der Waals surface area contributed by atoms with Crippen LogP contribution in [0.1, 0.15) is 37.3 Å². The molecule has 4 nitrogen and oxygen atoms in total. The van der Waals surface area contributed by atoms with E-state index in [1.165, 1.54) is 11.1 Å². The number of hydrogen-bond donors (Lipinski definition) is 2. The molecule has 1 heterocycles. The molecule has 0 radical (unpaired) electrons. The molecule has 0 saturated carbocycles. The Labute approximate surface area is 166 Å². The first-order valence-corrected chi connectivity index (χ1v) is 10.5. The molecule has 2 aromatic carbocycles. The number of likely N-dealkylation sites (tertiary alicyclic amines) is 1. The summed E-state index contributed by atoms with van der Waals surface area (Å²) in [5, 5.41) is 13.3. The summed E-state index contributed by atoms with van der Waals surface area (Å²) in [4.78, 5) is 15.6. The molecule has 0 spiro atoms. The molecular formula is C22H28N2O2S. The van der Waals surface area contributed by atoms with Crippen molar-refractivity contribution in [1.29, 1.82) is 0 Å². The number of nitrogens with zero attached hydrogens (tertiary/aromatic N) is 1. The maximum absolute atomic E-state index is 12.7. The summed E-state index contributed by atoms with van der Waals surface area (Å²) >= 11 is 1.73. The fourth-order valence-electron chi connectivity index (χ4n) is 3.20. The topological polar surface area (TPSA) is 52.6 Å². The van der Waals surface area contributed by atoms with E-state index in [1.807, 2.05) is 36.1 Å². The Balaban J connectivity index is 1.63. The molecule has 1 atom stereocenters. The lowest BCUT2D eigenvalue weighted by Crippen LogP contribution is -2.36. The highest BCUT2D eigenvalue weighted by molar-refractivity contribution is 7.98. The zero-order chi connectivity index (χ0) is 19.3. The predicted octanol–water partition coefficient (Wildman–Crippen LogP) is 5.06. The summed E-state index contributed by atoms with van der Waals surface area (Å²) in [5.41, 5.74) is 2.70. The van der Waals surface area contributed by atoms with Crippen LogP contribution in [0.25, 0.3) is 0 Å². The van der Waals surface area contributed by atoms with Gasteiger partial charge in [-0.25, -0.2) is 4.79 Å². The fourth-order valence-corrected chi connectivity index (χ4v) is 4.17.